The lowest BCUT2D eigenvalue weighted by atomic mass is 10.1. The van der Waals surface area contributed by atoms with Gasteiger partial charge in [-0.25, -0.2) is 4.98 Å². The second-order valence-electron chi connectivity index (χ2n) is 3.59. The molecule has 1 unspecified atom stereocenters. The van der Waals surface area contributed by atoms with Crippen LogP contribution in [0.25, 0.3) is 0 Å². The lowest BCUT2D eigenvalue weighted by Crippen LogP contribution is -2.30. The molecule has 0 fully saturated rings. The summed E-state index contributed by atoms with van der Waals surface area (Å²) in [6.45, 7) is 1.67. The highest BCUT2D eigenvalue weighted by atomic mass is 16.5. The first kappa shape index (κ1) is 10.6. The third kappa shape index (κ3) is 2.34. The van der Waals surface area contributed by atoms with Crippen LogP contribution in [0.3, 0.4) is 0 Å². The van der Waals surface area contributed by atoms with Gasteiger partial charge in [0, 0.05) is 12.3 Å². The highest BCUT2D eigenvalue weighted by Gasteiger charge is 2.27. The van der Waals surface area contributed by atoms with Crippen LogP contribution in [-0.4, -0.2) is 32.1 Å². The summed E-state index contributed by atoms with van der Waals surface area (Å²) in [7, 11) is 0. The van der Waals surface area contributed by atoms with E-state index in [1.54, 1.807) is 25.3 Å². The minimum absolute atomic E-state index is 0.0660. The molecule has 0 aliphatic heterocycles. The van der Waals surface area contributed by atoms with Gasteiger partial charge in [-0.1, -0.05) is 6.07 Å². The average molecular weight is 220 g/mol. The summed E-state index contributed by atoms with van der Waals surface area (Å²) in [5.74, 6) is 0.464. The van der Waals surface area contributed by atoms with Gasteiger partial charge in [-0.15, -0.1) is 0 Å². The van der Waals surface area contributed by atoms with Gasteiger partial charge in [-0.3, -0.25) is 0 Å². The second-order valence-corrected chi connectivity index (χ2v) is 3.59. The van der Waals surface area contributed by atoms with Crippen LogP contribution >= 0.6 is 0 Å². The molecule has 0 saturated heterocycles. The first-order valence-electron chi connectivity index (χ1n) is 4.81. The van der Waals surface area contributed by atoms with Crippen molar-refractivity contribution in [2.24, 2.45) is 0 Å². The van der Waals surface area contributed by atoms with E-state index in [1.165, 1.54) is 6.20 Å². The Morgan fingerprint density at radius 1 is 1.50 bits per heavy atom. The van der Waals surface area contributed by atoms with E-state index >= 15 is 0 Å². The fourth-order valence-corrected chi connectivity index (χ4v) is 1.18. The van der Waals surface area contributed by atoms with E-state index in [2.05, 4.69) is 20.4 Å². The zero-order valence-corrected chi connectivity index (χ0v) is 8.79. The maximum Gasteiger partial charge on any atom is 0.213 e. The summed E-state index contributed by atoms with van der Waals surface area (Å²) >= 11 is 0. The van der Waals surface area contributed by atoms with Crippen molar-refractivity contribution < 1.29 is 9.84 Å². The molecule has 2 rings (SSSR count). The molecule has 0 radical (unpaired) electrons. The van der Waals surface area contributed by atoms with E-state index in [-0.39, 0.29) is 6.61 Å². The minimum atomic E-state index is -1.19. The molecule has 6 nitrogen and oxygen atoms in total. The maximum absolute atomic E-state index is 10.1. The van der Waals surface area contributed by atoms with Crippen molar-refractivity contribution in [1.29, 1.82) is 0 Å². The van der Waals surface area contributed by atoms with Crippen LogP contribution in [0.15, 0.2) is 30.6 Å². The highest BCUT2D eigenvalue weighted by molar-refractivity contribution is 5.11. The maximum atomic E-state index is 10.1. The van der Waals surface area contributed by atoms with Gasteiger partial charge in [0.15, 0.2) is 0 Å². The Bertz CT molecular complexity index is 427. The van der Waals surface area contributed by atoms with Gasteiger partial charge >= 0.3 is 0 Å². The van der Waals surface area contributed by atoms with Crippen molar-refractivity contribution in [2.75, 3.05) is 6.61 Å². The molecule has 2 aromatic rings. The van der Waals surface area contributed by atoms with Gasteiger partial charge in [0.05, 0.1) is 6.20 Å². The van der Waals surface area contributed by atoms with Crippen LogP contribution in [0.5, 0.6) is 5.88 Å². The van der Waals surface area contributed by atoms with Crippen molar-refractivity contribution in [3.05, 3.63) is 36.3 Å². The zero-order chi connectivity index (χ0) is 11.4. The summed E-state index contributed by atoms with van der Waals surface area (Å²) in [6, 6.07) is 5.33. The van der Waals surface area contributed by atoms with Crippen LogP contribution in [0.2, 0.25) is 0 Å². The lowest BCUT2D eigenvalue weighted by molar-refractivity contribution is 0.00237. The summed E-state index contributed by atoms with van der Waals surface area (Å²) in [6.07, 6.45) is 3.09. The van der Waals surface area contributed by atoms with E-state index in [9.17, 15) is 5.11 Å². The van der Waals surface area contributed by atoms with Crippen LogP contribution in [0, 0.1) is 0 Å². The molecule has 2 N–H and O–H groups in total. The number of aliphatic hydroxyl groups is 1. The molecule has 84 valence electrons. The Kier molecular flexibility index (Phi) is 2.82. The largest absolute Gasteiger partial charge is 0.474 e. The molecular formula is C10H12N4O2. The number of rotatable bonds is 4. The number of pyridine rings is 1. The van der Waals surface area contributed by atoms with Crippen molar-refractivity contribution in [2.45, 2.75) is 12.5 Å². The van der Waals surface area contributed by atoms with E-state index in [0.717, 1.165) is 0 Å². The molecule has 1 atom stereocenters. The topological polar surface area (TPSA) is 83.9 Å². The number of aromatic amines is 1. The van der Waals surface area contributed by atoms with Crippen molar-refractivity contribution in [3.63, 3.8) is 0 Å². The molecule has 0 aromatic carbocycles. The number of aromatic nitrogens is 4. The third-order valence-electron chi connectivity index (χ3n) is 2.11. The van der Waals surface area contributed by atoms with Gasteiger partial charge in [0.1, 0.15) is 17.9 Å². The monoisotopic (exact) mass is 220 g/mol. The van der Waals surface area contributed by atoms with Gasteiger partial charge in [0.2, 0.25) is 5.88 Å². The Balaban J connectivity index is 2.00. The van der Waals surface area contributed by atoms with E-state index in [1.807, 2.05) is 6.07 Å². The van der Waals surface area contributed by atoms with E-state index < -0.39 is 5.60 Å². The normalized spacial score (nSPS) is 14.4. The molecule has 0 aliphatic carbocycles. The first-order chi connectivity index (χ1) is 7.68. The van der Waals surface area contributed by atoms with Gasteiger partial charge < -0.3 is 9.84 Å². The standard InChI is InChI=1S/C10H12N4O2/c1-10(15,8-6-12-14-13-8)7-16-9-4-2-3-5-11-9/h2-6,15H,7H2,1H3,(H,12,13,14). The minimum Gasteiger partial charge on any atom is -0.474 e. The van der Waals surface area contributed by atoms with E-state index in [0.29, 0.717) is 11.6 Å². The SMILES string of the molecule is CC(O)(COc1ccccn1)c1cn[nH]n1. The summed E-state index contributed by atoms with van der Waals surface area (Å²) in [4.78, 5) is 3.99. The Labute approximate surface area is 92.3 Å². The average Bonchev–Trinajstić information content (AvgIpc) is 2.82. The molecule has 16 heavy (non-hydrogen) atoms. The van der Waals surface area contributed by atoms with Gasteiger partial charge in [-0.2, -0.15) is 15.4 Å². The van der Waals surface area contributed by atoms with Crippen LogP contribution in [-0.2, 0) is 5.60 Å². The Morgan fingerprint density at radius 3 is 3.00 bits per heavy atom. The molecule has 0 amide bonds. The lowest BCUT2D eigenvalue weighted by Gasteiger charge is -2.20. The smallest absolute Gasteiger partial charge is 0.213 e. The fourth-order valence-electron chi connectivity index (χ4n) is 1.18. The number of ether oxygens (including phenoxy) is 1. The molecular weight excluding hydrogens is 208 g/mol. The zero-order valence-electron chi connectivity index (χ0n) is 8.79. The van der Waals surface area contributed by atoms with Crippen LogP contribution in [0.4, 0.5) is 0 Å². The predicted octanol–water partition coefficient (Wildman–Crippen LogP) is 0.486. The van der Waals surface area contributed by atoms with Crippen LogP contribution < -0.4 is 4.74 Å². The van der Waals surface area contributed by atoms with E-state index in [4.69, 9.17) is 4.74 Å². The molecule has 0 spiro atoms. The highest BCUT2D eigenvalue weighted by Crippen LogP contribution is 2.18. The molecule has 6 heteroatoms. The summed E-state index contributed by atoms with van der Waals surface area (Å²) in [5.41, 5.74) is -0.756. The first-order valence-corrected chi connectivity index (χ1v) is 4.81. The molecule has 0 bridgehead atoms. The van der Waals surface area contributed by atoms with Gasteiger partial charge in [0.25, 0.3) is 0 Å². The number of hydrogen-bond acceptors (Lipinski definition) is 5. The molecule has 2 heterocycles. The molecule has 0 saturated carbocycles. The van der Waals surface area contributed by atoms with Crippen molar-refractivity contribution in [3.8, 4) is 5.88 Å². The molecule has 2 aromatic heterocycles. The van der Waals surface area contributed by atoms with Crippen molar-refractivity contribution in [1.82, 2.24) is 20.4 Å². The summed E-state index contributed by atoms with van der Waals surface area (Å²) in [5, 5.41) is 20.0. The fraction of sp³-hybridized carbons (Fsp3) is 0.300. The number of nitrogens with one attached hydrogen (secondary N) is 1. The molecule has 0 aliphatic rings. The third-order valence-corrected chi connectivity index (χ3v) is 2.11. The van der Waals surface area contributed by atoms with Crippen LogP contribution in [0.1, 0.15) is 12.6 Å². The predicted molar refractivity (Wildman–Crippen MR) is 55.7 cm³/mol. The van der Waals surface area contributed by atoms with Gasteiger partial charge in [-0.05, 0) is 13.0 Å². The number of hydrogen-bond donors (Lipinski definition) is 2. The summed E-state index contributed by atoms with van der Waals surface area (Å²) < 4.78 is 5.35. The Hall–Kier alpha value is -1.95. The second kappa shape index (κ2) is 4.28. The van der Waals surface area contributed by atoms with Crippen molar-refractivity contribution >= 4 is 0 Å². The quantitative estimate of drug-likeness (QED) is 0.783. The number of H-pyrrole nitrogens is 1. The number of nitrogens with zero attached hydrogens (tertiary/aromatic N) is 3. The Morgan fingerprint density at radius 2 is 2.38 bits per heavy atom.